The lowest BCUT2D eigenvalue weighted by Gasteiger charge is -2.20. The Kier molecular flexibility index (Phi) is 5.24. The van der Waals surface area contributed by atoms with E-state index in [9.17, 15) is 9.90 Å². The molecule has 2 atom stereocenters. The predicted octanol–water partition coefficient (Wildman–Crippen LogP) is 1.84. The molecular weight excluding hydrogens is 290 g/mol. The van der Waals surface area contributed by atoms with Gasteiger partial charge in [-0.2, -0.15) is 0 Å². The summed E-state index contributed by atoms with van der Waals surface area (Å²) < 4.78 is 6.31. The minimum absolute atomic E-state index is 0.0750. The molecule has 17 heavy (non-hydrogen) atoms. The van der Waals surface area contributed by atoms with Crippen molar-refractivity contribution in [3.05, 3.63) is 28.7 Å². The normalized spacial score (nSPS) is 13.8. The molecule has 0 aliphatic carbocycles. The second-order valence-electron chi connectivity index (χ2n) is 3.56. The number of rotatable bonds is 5. The van der Waals surface area contributed by atoms with Gasteiger partial charge in [0, 0.05) is 4.47 Å². The van der Waals surface area contributed by atoms with Gasteiger partial charge in [0.15, 0.2) is 0 Å². The van der Waals surface area contributed by atoms with E-state index in [0.717, 1.165) is 4.47 Å². The lowest BCUT2D eigenvalue weighted by Crippen LogP contribution is -2.45. The minimum Gasteiger partial charge on any atom is -0.491 e. The molecule has 0 aliphatic heterocycles. The summed E-state index contributed by atoms with van der Waals surface area (Å²) in [4.78, 5) is 10.5. The van der Waals surface area contributed by atoms with Crippen molar-refractivity contribution in [3.8, 4) is 5.75 Å². The topological polar surface area (TPSA) is 78.8 Å². The number of amides is 1. The number of nitrogens with one attached hydrogen (secondary N) is 1. The van der Waals surface area contributed by atoms with Crippen LogP contribution in [0.4, 0.5) is 4.79 Å². The predicted molar refractivity (Wildman–Crippen MR) is 66.3 cm³/mol. The molecule has 0 aromatic heterocycles. The minimum atomic E-state index is -1.18. The van der Waals surface area contributed by atoms with Crippen molar-refractivity contribution in [2.45, 2.75) is 19.1 Å². The number of halogens is 1. The van der Waals surface area contributed by atoms with Gasteiger partial charge in [0.25, 0.3) is 0 Å². The van der Waals surface area contributed by atoms with Crippen molar-refractivity contribution in [2.75, 3.05) is 6.61 Å². The maximum Gasteiger partial charge on any atom is 0.405 e. The van der Waals surface area contributed by atoms with Gasteiger partial charge >= 0.3 is 6.09 Å². The maximum atomic E-state index is 10.5. The summed E-state index contributed by atoms with van der Waals surface area (Å²) in [5.74, 6) is 0.617. The molecule has 0 saturated carbocycles. The van der Waals surface area contributed by atoms with Crippen LogP contribution in [0, 0.1) is 0 Å². The van der Waals surface area contributed by atoms with E-state index in [4.69, 9.17) is 9.84 Å². The summed E-state index contributed by atoms with van der Waals surface area (Å²) in [7, 11) is 0. The van der Waals surface area contributed by atoms with Gasteiger partial charge in [0.2, 0.25) is 0 Å². The number of benzene rings is 1. The Balaban J connectivity index is 2.51. The highest BCUT2D eigenvalue weighted by molar-refractivity contribution is 9.10. The van der Waals surface area contributed by atoms with Crippen molar-refractivity contribution in [3.63, 3.8) is 0 Å². The molecule has 1 aromatic rings. The zero-order valence-corrected chi connectivity index (χ0v) is 10.8. The molecule has 0 bridgehead atoms. The highest BCUT2D eigenvalue weighted by Gasteiger charge is 2.17. The first-order valence-electron chi connectivity index (χ1n) is 5.05. The van der Waals surface area contributed by atoms with Gasteiger partial charge in [0.05, 0.1) is 12.1 Å². The molecule has 1 amide bonds. The standard InChI is InChI=1S/C11H14BrNO4/c1-7(14)10(13-11(15)16)6-17-9-4-2-8(12)3-5-9/h2-5,7,10,13-14H,6H2,1H3,(H,15,16)/t7-,10-/m1/s1. The summed E-state index contributed by atoms with van der Waals surface area (Å²) in [5.41, 5.74) is 0. The van der Waals surface area contributed by atoms with E-state index in [0.29, 0.717) is 5.75 Å². The second kappa shape index (κ2) is 6.46. The summed E-state index contributed by atoms with van der Waals surface area (Å²) in [6.07, 6.45) is -2.00. The van der Waals surface area contributed by atoms with Gasteiger partial charge in [-0.05, 0) is 31.2 Å². The first-order valence-corrected chi connectivity index (χ1v) is 5.84. The maximum absolute atomic E-state index is 10.5. The third kappa shape index (κ3) is 5.06. The average molecular weight is 304 g/mol. The smallest absolute Gasteiger partial charge is 0.405 e. The molecule has 5 nitrogen and oxygen atoms in total. The Morgan fingerprint density at radius 2 is 2.06 bits per heavy atom. The number of ether oxygens (including phenoxy) is 1. The van der Waals surface area contributed by atoms with Crippen LogP contribution >= 0.6 is 15.9 Å². The van der Waals surface area contributed by atoms with Crippen LogP contribution in [-0.2, 0) is 0 Å². The van der Waals surface area contributed by atoms with Crippen molar-refractivity contribution in [1.29, 1.82) is 0 Å². The zero-order chi connectivity index (χ0) is 12.8. The number of aliphatic hydroxyl groups is 1. The molecule has 0 unspecified atom stereocenters. The van der Waals surface area contributed by atoms with Crippen LogP contribution in [0.1, 0.15) is 6.92 Å². The Bertz CT molecular complexity index is 366. The number of carbonyl (C=O) groups is 1. The third-order valence-corrected chi connectivity index (χ3v) is 2.66. The van der Waals surface area contributed by atoms with E-state index >= 15 is 0 Å². The van der Waals surface area contributed by atoms with E-state index in [1.165, 1.54) is 6.92 Å². The van der Waals surface area contributed by atoms with Gasteiger partial charge < -0.3 is 20.3 Å². The van der Waals surface area contributed by atoms with Crippen molar-refractivity contribution in [2.24, 2.45) is 0 Å². The highest BCUT2D eigenvalue weighted by atomic mass is 79.9. The van der Waals surface area contributed by atoms with E-state index in [2.05, 4.69) is 21.2 Å². The largest absolute Gasteiger partial charge is 0.491 e. The SMILES string of the molecule is C[C@@H](O)[C@@H](COc1ccc(Br)cc1)NC(=O)O. The molecule has 3 N–H and O–H groups in total. The van der Waals surface area contributed by atoms with Crippen LogP contribution in [0.3, 0.4) is 0 Å². The van der Waals surface area contributed by atoms with E-state index in [-0.39, 0.29) is 6.61 Å². The lowest BCUT2D eigenvalue weighted by molar-refractivity contribution is 0.105. The van der Waals surface area contributed by atoms with Crippen LogP contribution < -0.4 is 10.1 Å². The second-order valence-corrected chi connectivity index (χ2v) is 4.48. The molecule has 0 aliphatic rings. The highest BCUT2D eigenvalue weighted by Crippen LogP contribution is 2.16. The Morgan fingerprint density at radius 1 is 1.47 bits per heavy atom. The van der Waals surface area contributed by atoms with Gasteiger partial charge in [-0.1, -0.05) is 15.9 Å². The molecule has 0 spiro atoms. The van der Waals surface area contributed by atoms with Crippen molar-refractivity contribution >= 4 is 22.0 Å². The molecule has 94 valence electrons. The number of hydrogen-bond acceptors (Lipinski definition) is 3. The summed E-state index contributed by atoms with van der Waals surface area (Å²) >= 11 is 3.30. The first-order chi connectivity index (χ1) is 7.99. The molecule has 1 aromatic carbocycles. The molecule has 0 radical (unpaired) electrons. The number of carboxylic acid groups (broad SMARTS) is 1. The number of aliphatic hydroxyl groups excluding tert-OH is 1. The van der Waals surface area contributed by atoms with Gasteiger partial charge in [-0.25, -0.2) is 4.79 Å². The van der Waals surface area contributed by atoms with Gasteiger partial charge in [-0.15, -0.1) is 0 Å². The Labute approximate surface area is 108 Å². The van der Waals surface area contributed by atoms with Crippen LogP contribution in [0.2, 0.25) is 0 Å². The quantitative estimate of drug-likeness (QED) is 0.775. The molecule has 1 rings (SSSR count). The molecule has 0 fully saturated rings. The molecular formula is C11H14BrNO4. The molecule has 0 saturated heterocycles. The molecule has 0 heterocycles. The Hall–Kier alpha value is -1.27. The number of hydrogen-bond donors (Lipinski definition) is 3. The summed E-state index contributed by atoms with van der Waals surface area (Å²) in [6, 6.07) is 6.49. The zero-order valence-electron chi connectivity index (χ0n) is 9.26. The van der Waals surface area contributed by atoms with E-state index < -0.39 is 18.2 Å². The fourth-order valence-electron chi connectivity index (χ4n) is 1.18. The van der Waals surface area contributed by atoms with E-state index in [1.807, 2.05) is 12.1 Å². The Morgan fingerprint density at radius 3 is 2.53 bits per heavy atom. The van der Waals surface area contributed by atoms with Crippen molar-refractivity contribution in [1.82, 2.24) is 5.32 Å². The van der Waals surface area contributed by atoms with E-state index in [1.54, 1.807) is 12.1 Å². The monoisotopic (exact) mass is 303 g/mol. The van der Waals surface area contributed by atoms with Crippen molar-refractivity contribution < 1.29 is 19.7 Å². The first kappa shape index (κ1) is 13.8. The lowest BCUT2D eigenvalue weighted by atomic mass is 10.2. The average Bonchev–Trinajstić information content (AvgIpc) is 2.25. The van der Waals surface area contributed by atoms with Crippen LogP contribution in [-0.4, -0.2) is 35.1 Å². The summed E-state index contributed by atoms with van der Waals surface area (Å²) in [6.45, 7) is 1.58. The summed E-state index contributed by atoms with van der Waals surface area (Å²) in [5, 5.41) is 20.1. The van der Waals surface area contributed by atoms with Crippen LogP contribution in [0.25, 0.3) is 0 Å². The fourth-order valence-corrected chi connectivity index (χ4v) is 1.44. The third-order valence-electron chi connectivity index (χ3n) is 2.13. The van der Waals surface area contributed by atoms with Gasteiger partial charge in [0.1, 0.15) is 12.4 Å². The fraction of sp³-hybridized carbons (Fsp3) is 0.364. The molecule has 6 heteroatoms. The van der Waals surface area contributed by atoms with Crippen LogP contribution in [0.15, 0.2) is 28.7 Å². The van der Waals surface area contributed by atoms with Crippen LogP contribution in [0.5, 0.6) is 5.75 Å². The van der Waals surface area contributed by atoms with Gasteiger partial charge in [-0.3, -0.25) is 0 Å².